The second-order valence-corrected chi connectivity index (χ2v) is 3.67. The van der Waals surface area contributed by atoms with Crippen molar-refractivity contribution in [2.45, 2.75) is 0 Å². The minimum atomic E-state index is -0.984. The molecule has 1 rings (SSSR count). The van der Waals surface area contributed by atoms with Gasteiger partial charge in [-0.2, -0.15) is 0 Å². The van der Waals surface area contributed by atoms with E-state index < -0.39 is 5.97 Å². The highest BCUT2D eigenvalue weighted by Crippen LogP contribution is 2.17. The Hall–Kier alpha value is -0.490. The first-order valence-corrected chi connectivity index (χ1v) is 5.08. The number of nitrogens with zero attached hydrogens (tertiary/aromatic N) is 2. The predicted molar refractivity (Wildman–Crippen MR) is 52.3 cm³/mol. The molecule has 0 aromatic carbocycles. The molecule has 0 fully saturated rings. The van der Waals surface area contributed by atoms with Crippen LogP contribution in [-0.2, 0) is 4.79 Å². The molecule has 0 atom stereocenters. The van der Waals surface area contributed by atoms with E-state index in [1.807, 2.05) is 6.26 Å². The lowest BCUT2D eigenvalue weighted by Gasteiger charge is -2.18. The Balaban J connectivity index is 2.84. The van der Waals surface area contributed by atoms with E-state index in [4.69, 9.17) is 5.11 Å². The molecule has 0 bridgehead atoms. The summed E-state index contributed by atoms with van der Waals surface area (Å²) in [4.78, 5) is 14.4. The maximum Gasteiger partial charge on any atom is 0.354 e. The zero-order valence-corrected chi connectivity index (χ0v) is 8.72. The molecule has 1 heterocycles. The molecule has 0 unspecified atom stereocenters. The Morgan fingerprint density at radius 3 is 3.08 bits per heavy atom. The highest BCUT2D eigenvalue weighted by molar-refractivity contribution is 9.08. The predicted octanol–water partition coefficient (Wildman–Crippen LogP) is 1.30. The molecule has 4 nitrogen and oxygen atoms in total. The van der Waals surface area contributed by atoms with E-state index in [1.54, 1.807) is 10.0 Å². The quantitative estimate of drug-likeness (QED) is 0.713. The Morgan fingerprint density at radius 2 is 2.58 bits per heavy atom. The zero-order valence-electron chi connectivity index (χ0n) is 6.32. The summed E-state index contributed by atoms with van der Waals surface area (Å²) in [6.07, 6.45) is 3.40. The number of carboxylic acid groups (broad SMARTS) is 1. The summed E-state index contributed by atoms with van der Waals surface area (Å²) in [7, 11) is 0. The summed E-state index contributed by atoms with van der Waals surface area (Å²) in [6.45, 7) is 0.529. The number of rotatable bonds is 1. The summed E-state index contributed by atoms with van der Waals surface area (Å²) >= 11 is 4.64. The second-order valence-electron chi connectivity index (χ2n) is 2.04. The average Bonchev–Trinajstić information content (AvgIpc) is 2.05. The Morgan fingerprint density at radius 1 is 1.92 bits per heavy atom. The highest BCUT2D eigenvalue weighted by atomic mass is 79.9. The van der Waals surface area contributed by atoms with Crippen molar-refractivity contribution in [3.8, 4) is 0 Å². The van der Waals surface area contributed by atoms with Crippen LogP contribution in [0.4, 0.5) is 0 Å². The summed E-state index contributed by atoms with van der Waals surface area (Å²) in [5.74, 6) is -0.984. The van der Waals surface area contributed by atoms with Gasteiger partial charge in [-0.05, 0) is 12.3 Å². The average molecular weight is 251 g/mol. The molecule has 0 amide bonds. The molecule has 1 aliphatic rings. The molecular formula is C6H7BrN2O2S. The molecule has 0 aromatic heterocycles. The van der Waals surface area contributed by atoms with Crippen molar-refractivity contribution in [3.05, 3.63) is 11.8 Å². The van der Waals surface area contributed by atoms with Crippen LogP contribution in [0.25, 0.3) is 0 Å². The van der Waals surface area contributed by atoms with Gasteiger partial charge in [0.15, 0.2) is 5.17 Å². The third-order valence-corrected chi connectivity index (χ3v) is 2.81. The smallest absolute Gasteiger partial charge is 0.354 e. The SMILES string of the molecule is CSC1=NC(C(=O)O)=CCN1Br. The summed E-state index contributed by atoms with van der Waals surface area (Å²) in [5, 5.41) is 9.28. The van der Waals surface area contributed by atoms with Crippen molar-refractivity contribution >= 4 is 39.0 Å². The maximum absolute atomic E-state index is 10.5. The first kappa shape index (κ1) is 9.60. The van der Waals surface area contributed by atoms with Crippen LogP contribution in [0, 0.1) is 0 Å². The van der Waals surface area contributed by atoms with Crippen molar-refractivity contribution in [2.75, 3.05) is 12.8 Å². The van der Waals surface area contributed by atoms with E-state index in [9.17, 15) is 4.79 Å². The van der Waals surface area contributed by atoms with E-state index in [1.165, 1.54) is 11.8 Å². The van der Waals surface area contributed by atoms with Crippen molar-refractivity contribution in [1.82, 2.24) is 3.93 Å². The van der Waals surface area contributed by atoms with E-state index in [2.05, 4.69) is 21.1 Å². The minimum absolute atomic E-state index is 0.107. The van der Waals surface area contributed by atoms with Gasteiger partial charge >= 0.3 is 5.97 Å². The van der Waals surface area contributed by atoms with Gasteiger partial charge in [-0.15, -0.1) is 0 Å². The molecule has 0 spiro atoms. The summed E-state index contributed by atoms with van der Waals surface area (Å²) < 4.78 is 1.71. The normalized spacial score (nSPS) is 17.0. The van der Waals surface area contributed by atoms with Gasteiger partial charge in [0.25, 0.3) is 0 Å². The minimum Gasteiger partial charge on any atom is -0.477 e. The fourth-order valence-corrected chi connectivity index (χ4v) is 1.85. The van der Waals surface area contributed by atoms with Crippen molar-refractivity contribution in [1.29, 1.82) is 0 Å². The van der Waals surface area contributed by atoms with Gasteiger partial charge in [0.1, 0.15) is 5.70 Å². The maximum atomic E-state index is 10.5. The van der Waals surface area contributed by atoms with Gasteiger partial charge in [-0.25, -0.2) is 9.79 Å². The Kier molecular flexibility index (Phi) is 3.16. The molecular weight excluding hydrogens is 244 g/mol. The van der Waals surface area contributed by atoms with Crippen LogP contribution in [0.3, 0.4) is 0 Å². The van der Waals surface area contributed by atoms with E-state index in [-0.39, 0.29) is 5.70 Å². The van der Waals surface area contributed by atoms with Crippen molar-refractivity contribution < 1.29 is 9.90 Å². The topological polar surface area (TPSA) is 52.9 Å². The third kappa shape index (κ3) is 2.01. The van der Waals surface area contributed by atoms with Crippen LogP contribution in [0.2, 0.25) is 0 Å². The largest absolute Gasteiger partial charge is 0.477 e. The summed E-state index contributed by atoms with van der Waals surface area (Å²) in [5.41, 5.74) is 0.107. The number of hydrogen-bond donors (Lipinski definition) is 1. The van der Waals surface area contributed by atoms with E-state index in [0.717, 1.165) is 0 Å². The van der Waals surface area contributed by atoms with Crippen LogP contribution < -0.4 is 0 Å². The molecule has 1 N–H and O–H groups in total. The lowest BCUT2D eigenvalue weighted by Crippen LogP contribution is -2.23. The molecule has 0 saturated heterocycles. The van der Waals surface area contributed by atoms with Crippen LogP contribution >= 0.6 is 27.9 Å². The van der Waals surface area contributed by atoms with Crippen molar-refractivity contribution in [3.63, 3.8) is 0 Å². The first-order chi connectivity index (χ1) is 5.65. The van der Waals surface area contributed by atoms with Crippen molar-refractivity contribution in [2.24, 2.45) is 4.99 Å². The van der Waals surface area contributed by atoms with Crippen LogP contribution in [-0.4, -0.2) is 33.0 Å². The number of amidine groups is 1. The van der Waals surface area contributed by atoms with Gasteiger partial charge in [-0.1, -0.05) is 11.8 Å². The number of aliphatic carboxylic acids is 1. The van der Waals surface area contributed by atoms with E-state index >= 15 is 0 Å². The number of hydrogen-bond acceptors (Lipinski definition) is 4. The monoisotopic (exact) mass is 250 g/mol. The van der Waals surface area contributed by atoms with Gasteiger partial charge in [0, 0.05) is 0 Å². The lowest BCUT2D eigenvalue weighted by atomic mass is 10.4. The fraction of sp³-hybridized carbons (Fsp3) is 0.333. The zero-order chi connectivity index (χ0) is 9.14. The standard InChI is InChI=1S/C6H7BrN2O2S/c1-12-6-8-4(5(10)11)2-3-9(6)7/h2H,3H2,1H3,(H,10,11). The number of carboxylic acids is 1. The van der Waals surface area contributed by atoms with Crippen LogP contribution in [0.1, 0.15) is 0 Å². The molecule has 66 valence electrons. The molecule has 0 aromatic rings. The summed E-state index contributed by atoms with van der Waals surface area (Å²) in [6, 6.07) is 0. The number of thioether (sulfide) groups is 1. The van der Waals surface area contributed by atoms with Gasteiger partial charge in [0.2, 0.25) is 0 Å². The number of halogens is 1. The van der Waals surface area contributed by atoms with E-state index in [0.29, 0.717) is 11.7 Å². The van der Waals surface area contributed by atoms with Gasteiger partial charge < -0.3 is 5.11 Å². The van der Waals surface area contributed by atoms with Crippen LogP contribution in [0.5, 0.6) is 0 Å². The van der Waals surface area contributed by atoms with Gasteiger partial charge in [0.05, 0.1) is 22.7 Å². The molecule has 0 saturated carbocycles. The molecule has 6 heteroatoms. The molecule has 0 aliphatic carbocycles. The van der Waals surface area contributed by atoms with Crippen LogP contribution in [0.15, 0.2) is 16.8 Å². The van der Waals surface area contributed by atoms with Gasteiger partial charge in [-0.3, -0.25) is 3.93 Å². The highest BCUT2D eigenvalue weighted by Gasteiger charge is 2.16. The Bertz CT molecular complexity index is 264. The number of carbonyl (C=O) groups is 1. The number of aliphatic imine (C=N–C) groups is 1. The molecule has 1 aliphatic heterocycles. The third-order valence-electron chi connectivity index (χ3n) is 1.27. The fourth-order valence-electron chi connectivity index (χ4n) is 0.727. The molecule has 0 radical (unpaired) electrons. The first-order valence-electron chi connectivity index (χ1n) is 3.14. The Labute approximate surface area is 82.7 Å². The second kappa shape index (κ2) is 3.95. The lowest BCUT2D eigenvalue weighted by molar-refractivity contribution is -0.132. The molecule has 12 heavy (non-hydrogen) atoms.